The fraction of sp³-hybridized carbons (Fsp3) is 0.348. The van der Waals surface area contributed by atoms with Crippen molar-refractivity contribution in [1.82, 2.24) is 0 Å². The van der Waals surface area contributed by atoms with Crippen LogP contribution in [0.15, 0.2) is 76.1 Å². The monoisotopic (exact) mass is 476 g/mol. The molecule has 0 heterocycles. The van der Waals surface area contributed by atoms with Crippen molar-refractivity contribution in [2.45, 2.75) is 54.8 Å². The number of ether oxygens (including phenoxy) is 1. The molecule has 1 fully saturated rings. The zero-order chi connectivity index (χ0) is 20.9. The Bertz CT molecular complexity index is 960. The van der Waals surface area contributed by atoms with E-state index in [1.165, 1.54) is 0 Å². The van der Waals surface area contributed by atoms with E-state index in [-0.39, 0.29) is 0 Å². The lowest BCUT2D eigenvalue weighted by Crippen LogP contribution is -2.39. The van der Waals surface area contributed by atoms with Gasteiger partial charge in [-0.05, 0) is 62.2 Å². The Hall–Kier alpha value is -1.92. The Morgan fingerprint density at radius 2 is 1.66 bits per heavy atom. The van der Waals surface area contributed by atoms with E-state index < -0.39 is 26.7 Å². The van der Waals surface area contributed by atoms with Crippen LogP contribution in [0.25, 0.3) is 0 Å². The number of hydrogen-bond donors (Lipinski definition) is 0. The van der Waals surface area contributed by atoms with Crippen LogP contribution in [0, 0.1) is 0 Å². The minimum absolute atomic E-state index is 0.339. The second-order valence-corrected chi connectivity index (χ2v) is 10.6. The highest BCUT2D eigenvalue weighted by Crippen LogP contribution is 2.40. The van der Waals surface area contributed by atoms with E-state index in [0.717, 1.165) is 23.7 Å². The number of carbonyl (C=O) groups is 1. The standard InChI is InChI=1S/C23H25BrO4S/c1-18(28-22(25)19-10-12-20(24)13-11-19)14-17-23(15-6-3-7-16-23)29(26,27)21-8-4-2-5-9-21/h2,4-5,8-14,17-18H,3,6-7,15-16H2,1H3/b17-14+/t18-/m0/s1. The van der Waals surface area contributed by atoms with Gasteiger partial charge < -0.3 is 4.74 Å². The van der Waals surface area contributed by atoms with Crippen molar-refractivity contribution < 1.29 is 17.9 Å². The molecule has 0 aromatic heterocycles. The van der Waals surface area contributed by atoms with Gasteiger partial charge in [-0.2, -0.15) is 0 Å². The van der Waals surface area contributed by atoms with Gasteiger partial charge in [0.25, 0.3) is 0 Å². The number of esters is 1. The number of sulfone groups is 1. The molecule has 0 saturated heterocycles. The number of halogens is 1. The van der Waals surface area contributed by atoms with Gasteiger partial charge in [-0.15, -0.1) is 0 Å². The van der Waals surface area contributed by atoms with E-state index >= 15 is 0 Å². The topological polar surface area (TPSA) is 60.4 Å². The van der Waals surface area contributed by atoms with Crippen molar-refractivity contribution >= 4 is 31.7 Å². The van der Waals surface area contributed by atoms with Crippen LogP contribution in [0.3, 0.4) is 0 Å². The molecule has 0 spiro atoms. The van der Waals surface area contributed by atoms with Crippen molar-refractivity contribution in [2.75, 3.05) is 0 Å². The number of benzene rings is 2. The highest BCUT2D eigenvalue weighted by Gasteiger charge is 2.43. The molecule has 1 aliphatic carbocycles. The van der Waals surface area contributed by atoms with Crippen LogP contribution in [-0.2, 0) is 14.6 Å². The lowest BCUT2D eigenvalue weighted by molar-refractivity contribution is 0.0424. The maximum absolute atomic E-state index is 13.4. The average Bonchev–Trinajstić information content (AvgIpc) is 2.74. The third-order valence-electron chi connectivity index (χ3n) is 5.33. The van der Waals surface area contributed by atoms with Crippen molar-refractivity contribution in [3.05, 3.63) is 76.8 Å². The molecular weight excluding hydrogens is 452 g/mol. The molecular formula is C23H25BrO4S. The first kappa shape index (κ1) is 21.8. The van der Waals surface area contributed by atoms with Crippen LogP contribution in [0.1, 0.15) is 49.4 Å². The number of carbonyl (C=O) groups excluding carboxylic acids is 1. The van der Waals surface area contributed by atoms with Crippen molar-refractivity contribution in [3.8, 4) is 0 Å². The molecule has 0 unspecified atom stereocenters. The number of rotatable bonds is 6. The number of hydrogen-bond acceptors (Lipinski definition) is 4. The average molecular weight is 477 g/mol. The molecule has 29 heavy (non-hydrogen) atoms. The van der Waals surface area contributed by atoms with Gasteiger partial charge in [-0.1, -0.05) is 59.5 Å². The molecule has 3 rings (SSSR count). The van der Waals surface area contributed by atoms with E-state index in [1.807, 2.05) is 6.07 Å². The first-order valence-corrected chi connectivity index (χ1v) is 12.1. The molecule has 6 heteroatoms. The summed E-state index contributed by atoms with van der Waals surface area (Å²) in [6.45, 7) is 1.75. The molecule has 154 valence electrons. The summed E-state index contributed by atoms with van der Waals surface area (Å²) in [7, 11) is -3.54. The highest BCUT2D eigenvalue weighted by molar-refractivity contribution is 9.10. The summed E-state index contributed by atoms with van der Waals surface area (Å²) in [4.78, 5) is 12.7. The van der Waals surface area contributed by atoms with E-state index in [9.17, 15) is 13.2 Å². The summed E-state index contributed by atoms with van der Waals surface area (Å²) < 4.78 is 32.3. The molecule has 2 aromatic rings. The van der Waals surface area contributed by atoms with Crippen LogP contribution < -0.4 is 0 Å². The molecule has 1 saturated carbocycles. The third kappa shape index (κ3) is 4.98. The van der Waals surface area contributed by atoms with E-state index in [4.69, 9.17) is 4.74 Å². The Kier molecular flexibility index (Phi) is 6.96. The largest absolute Gasteiger partial charge is 0.455 e. The lowest BCUT2D eigenvalue weighted by Gasteiger charge is -2.34. The van der Waals surface area contributed by atoms with E-state index in [0.29, 0.717) is 23.3 Å². The maximum atomic E-state index is 13.4. The second kappa shape index (κ2) is 9.26. The van der Waals surface area contributed by atoms with Gasteiger partial charge in [-0.25, -0.2) is 13.2 Å². The summed E-state index contributed by atoms with van der Waals surface area (Å²) in [5.41, 5.74) is 0.456. The van der Waals surface area contributed by atoms with Crippen molar-refractivity contribution in [1.29, 1.82) is 0 Å². The van der Waals surface area contributed by atoms with E-state index in [2.05, 4.69) is 15.9 Å². The minimum Gasteiger partial charge on any atom is -0.455 e. The molecule has 4 nitrogen and oxygen atoms in total. The molecule has 0 bridgehead atoms. The van der Waals surface area contributed by atoms with Crippen LogP contribution in [-0.4, -0.2) is 25.2 Å². The minimum atomic E-state index is -3.54. The van der Waals surface area contributed by atoms with Gasteiger partial charge in [0.2, 0.25) is 0 Å². The van der Waals surface area contributed by atoms with E-state index in [1.54, 1.807) is 67.6 Å². The fourth-order valence-corrected chi connectivity index (χ4v) is 6.02. The smallest absolute Gasteiger partial charge is 0.338 e. The molecule has 0 radical (unpaired) electrons. The summed E-state index contributed by atoms with van der Waals surface area (Å²) in [6, 6.07) is 15.5. The van der Waals surface area contributed by atoms with Crippen LogP contribution in [0.4, 0.5) is 0 Å². The zero-order valence-corrected chi connectivity index (χ0v) is 18.8. The first-order valence-electron chi connectivity index (χ1n) is 9.80. The Balaban J connectivity index is 1.80. The predicted octanol–water partition coefficient (Wildman–Crippen LogP) is 5.73. The summed E-state index contributed by atoms with van der Waals surface area (Å²) in [5, 5.41) is 0. The molecule has 2 aromatic carbocycles. The van der Waals surface area contributed by atoms with Gasteiger partial charge in [0.1, 0.15) is 6.10 Å². The normalized spacial score (nSPS) is 17.7. The summed E-state index contributed by atoms with van der Waals surface area (Å²) in [5.74, 6) is -0.432. The Labute approximate surface area is 181 Å². The molecule has 0 aliphatic heterocycles. The molecule has 1 aliphatic rings. The second-order valence-electron chi connectivity index (χ2n) is 7.42. The zero-order valence-electron chi connectivity index (χ0n) is 16.4. The molecule has 0 amide bonds. The van der Waals surface area contributed by atoms with Crippen LogP contribution >= 0.6 is 15.9 Å². The van der Waals surface area contributed by atoms with Gasteiger partial charge in [-0.3, -0.25) is 0 Å². The summed E-state index contributed by atoms with van der Waals surface area (Å²) in [6.07, 6.45) is 6.86. The van der Waals surface area contributed by atoms with Crippen molar-refractivity contribution in [2.24, 2.45) is 0 Å². The van der Waals surface area contributed by atoms with Crippen LogP contribution in [0.5, 0.6) is 0 Å². The van der Waals surface area contributed by atoms with Crippen molar-refractivity contribution in [3.63, 3.8) is 0 Å². The SMILES string of the molecule is C[C@@H](/C=C/C1(S(=O)(=O)c2ccccc2)CCCCC1)OC(=O)c1ccc(Br)cc1. The maximum Gasteiger partial charge on any atom is 0.338 e. The van der Waals surface area contributed by atoms with Gasteiger partial charge in [0, 0.05) is 4.47 Å². The third-order valence-corrected chi connectivity index (χ3v) is 8.37. The molecule has 1 atom stereocenters. The predicted molar refractivity (Wildman–Crippen MR) is 118 cm³/mol. The van der Waals surface area contributed by atoms with Gasteiger partial charge >= 0.3 is 5.97 Å². The van der Waals surface area contributed by atoms with Gasteiger partial charge in [0.05, 0.1) is 15.2 Å². The lowest BCUT2D eigenvalue weighted by atomic mass is 9.88. The first-order chi connectivity index (χ1) is 13.8. The molecule has 0 N–H and O–H groups in total. The summed E-state index contributed by atoms with van der Waals surface area (Å²) >= 11 is 3.34. The Morgan fingerprint density at radius 3 is 2.28 bits per heavy atom. The highest BCUT2D eigenvalue weighted by atomic mass is 79.9. The Morgan fingerprint density at radius 1 is 1.03 bits per heavy atom. The fourth-order valence-electron chi connectivity index (χ4n) is 3.68. The van der Waals surface area contributed by atoms with Crippen LogP contribution in [0.2, 0.25) is 0 Å². The quantitative estimate of drug-likeness (QED) is 0.394. The van der Waals surface area contributed by atoms with Gasteiger partial charge in [0.15, 0.2) is 9.84 Å².